The maximum atomic E-state index is 11.8. The predicted molar refractivity (Wildman–Crippen MR) is 115 cm³/mol. The molecule has 10 nitrogen and oxygen atoms in total. The summed E-state index contributed by atoms with van der Waals surface area (Å²) in [6, 6.07) is 9.22. The Morgan fingerprint density at radius 1 is 0.839 bits per heavy atom. The SMILES string of the molecule is CCOc1cc(C=NNC(=O)CC(=O)NN=Cc2ccc(O)c(OCC)c2)ccc1O. The molecule has 4 N–H and O–H groups in total. The molecule has 0 unspecified atom stereocenters. The summed E-state index contributed by atoms with van der Waals surface area (Å²) in [7, 11) is 0. The molecule has 0 fully saturated rings. The monoisotopic (exact) mass is 428 g/mol. The number of aromatic hydroxyl groups is 2. The van der Waals surface area contributed by atoms with Gasteiger partial charge < -0.3 is 19.7 Å². The summed E-state index contributed by atoms with van der Waals surface area (Å²) in [5.41, 5.74) is 5.66. The van der Waals surface area contributed by atoms with Crippen LogP contribution in [0, 0.1) is 0 Å². The van der Waals surface area contributed by atoms with Gasteiger partial charge >= 0.3 is 0 Å². The molecule has 2 aromatic rings. The number of hydrogen-bond donors (Lipinski definition) is 4. The van der Waals surface area contributed by atoms with Gasteiger partial charge in [-0.25, -0.2) is 10.9 Å². The molecule has 0 aliphatic rings. The van der Waals surface area contributed by atoms with Gasteiger partial charge in [-0.2, -0.15) is 10.2 Å². The van der Waals surface area contributed by atoms with Crippen LogP contribution in [0.15, 0.2) is 46.6 Å². The van der Waals surface area contributed by atoms with Gasteiger partial charge in [0.25, 0.3) is 0 Å². The molecule has 164 valence electrons. The Kier molecular flexibility index (Phi) is 8.84. The molecule has 0 saturated heterocycles. The fraction of sp³-hybridized carbons (Fsp3) is 0.238. The van der Waals surface area contributed by atoms with E-state index in [9.17, 15) is 19.8 Å². The summed E-state index contributed by atoms with van der Waals surface area (Å²) in [6.07, 6.45) is 2.24. The van der Waals surface area contributed by atoms with Crippen LogP contribution in [0.3, 0.4) is 0 Å². The summed E-state index contributed by atoms with van der Waals surface area (Å²) < 4.78 is 10.5. The molecular formula is C21H24N4O6. The number of nitrogens with one attached hydrogen (secondary N) is 2. The van der Waals surface area contributed by atoms with Crippen LogP contribution in [0.5, 0.6) is 23.0 Å². The van der Waals surface area contributed by atoms with Gasteiger partial charge in [-0.15, -0.1) is 0 Å². The zero-order valence-electron chi connectivity index (χ0n) is 17.2. The fourth-order valence-electron chi connectivity index (χ4n) is 2.35. The first-order valence-corrected chi connectivity index (χ1v) is 9.48. The van der Waals surface area contributed by atoms with Gasteiger partial charge in [0, 0.05) is 0 Å². The minimum Gasteiger partial charge on any atom is -0.504 e. The molecule has 0 aliphatic carbocycles. The molecule has 0 radical (unpaired) electrons. The first-order valence-electron chi connectivity index (χ1n) is 9.48. The predicted octanol–water partition coefficient (Wildman–Crippen LogP) is 1.89. The number of phenolic OH excluding ortho intramolecular Hbond substituents is 2. The van der Waals surface area contributed by atoms with Crippen LogP contribution < -0.4 is 20.3 Å². The summed E-state index contributed by atoms with van der Waals surface area (Å²) in [6.45, 7) is 4.36. The molecule has 0 bridgehead atoms. The highest BCUT2D eigenvalue weighted by Gasteiger charge is 2.08. The Hall–Kier alpha value is -4.08. The van der Waals surface area contributed by atoms with E-state index in [0.29, 0.717) is 35.8 Å². The highest BCUT2D eigenvalue weighted by molar-refractivity contribution is 5.97. The number of rotatable bonds is 10. The van der Waals surface area contributed by atoms with Crippen molar-refractivity contribution in [2.75, 3.05) is 13.2 Å². The van der Waals surface area contributed by atoms with Gasteiger partial charge in [-0.1, -0.05) is 0 Å². The maximum Gasteiger partial charge on any atom is 0.249 e. The van der Waals surface area contributed by atoms with Crippen molar-refractivity contribution in [3.05, 3.63) is 47.5 Å². The van der Waals surface area contributed by atoms with Crippen LogP contribution in [-0.2, 0) is 9.59 Å². The van der Waals surface area contributed by atoms with Crippen LogP contribution in [0.25, 0.3) is 0 Å². The van der Waals surface area contributed by atoms with E-state index in [4.69, 9.17) is 9.47 Å². The maximum absolute atomic E-state index is 11.8. The Morgan fingerprint density at radius 3 is 1.65 bits per heavy atom. The normalized spacial score (nSPS) is 10.9. The van der Waals surface area contributed by atoms with Crippen molar-refractivity contribution >= 4 is 24.2 Å². The van der Waals surface area contributed by atoms with E-state index >= 15 is 0 Å². The van der Waals surface area contributed by atoms with E-state index in [1.54, 1.807) is 38.1 Å². The molecule has 0 aliphatic heterocycles. The Bertz CT molecular complexity index is 897. The van der Waals surface area contributed by atoms with Crippen LogP contribution in [0.1, 0.15) is 31.4 Å². The van der Waals surface area contributed by atoms with Crippen molar-refractivity contribution in [3.63, 3.8) is 0 Å². The first kappa shape index (κ1) is 23.2. The molecule has 0 heterocycles. The zero-order chi connectivity index (χ0) is 22.6. The molecule has 0 atom stereocenters. The Balaban J connectivity index is 1.81. The number of amides is 2. The van der Waals surface area contributed by atoms with Crippen LogP contribution >= 0.6 is 0 Å². The number of carbonyl (C=O) groups is 2. The summed E-state index contributed by atoms with van der Waals surface area (Å²) in [5.74, 6) is -0.649. The lowest BCUT2D eigenvalue weighted by atomic mass is 10.2. The van der Waals surface area contributed by atoms with E-state index in [0.717, 1.165) is 0 Å². The highest BCUT2D eigenvalue weighted by atomic mass is 16.5. The number of benzene rings is 2. The van der Waals surface area contributed by atoms with Crippen LogP contribution in [-0.4, -0.2) is 47.7 Å². The van der Waals surface area contributed by atoms with Crippen LogP contribution in [0.2, 0.25) is 0 Å². The number of nitrogens with zero attached hydrogens (tertiary/aromatic N) is 2. The van der Waals surface area contributed by atoms with Gasteiger partial charge in [0.2, 0.25) is 11.8 Å². The smallest absolute Gasteiger partial charge is 0.249 e. The highest BCUT2D eigenvalue weighted by Crippen LogP contribution is 2.26. The lowest BCUT2D eigenvalue weighted by Crippen LogP contribution is -2.27. The summed E-state index contributed by atoms with van der Waals surface area (Å²) in [4.78, 5) is 23.6. The van der Waals surface area contributed by atoms with Crippen molar-refractivity contribution in [1.29, 1.82) is 0 Å². The van der Waals surface area contributed by atoms with Gasteiger partial charge in [-0.05, 0) is 61.4 Å². The molecular weight excluding hydrogens is 404 g/mol. The second-order valence-electron chi connectivity index (χ2n) is 6.08. The number of hydrazone groups is 2. The van der Waals surface area contributed by atoms with Gasteiger partial charge in [0.15, 0.2) is 23.0 Å². The largest absolute Gasteiger partial charge is 0.504 e. The topological polar surface area (TPSA) is 142 Å². The van der Waals surface area contributed by atoms with Crippen molar-refractivity contribution in [2.24, 2.45) is 10.2 Å². The number of phenols is 2. The lowest BCUT2D eigenvalue weighted by molar-refractivity contribution is -0.129. The van der Waals surface area contributed by atoms with E-state index < -0.39 is 18.2 Å². The first-order chi connectivity index (χ1) is 14.9. The van der Waals surface area contributed by atoms with Gasteiger partial charge in [-0.3, -0.25) is 9.59 Å². The van der Waals surface area contributed by atoms with Crippen molar-refractivity contribution in [1.82, 2.24) is 10.9 Å². The average Bonchev–Trinajstić information content (AvgIpc) is 2.73. The second kappa shape index (κ2) is 11.8. The Labute approximate surface area is 179 Å². The van der Waals surface area contributed by atoms with E-state index in [-0.39, 0.29) is 11.5 Å². The number of hydrogen-bond acceptors (Lipinski definition) is 8. The fourth-order valence-corrected chi connectivity index (χ4v) is 2.35. The quantitative estimate of drug-likeness (QED) is 0.259. The van der Waals surface area contributed by atoms with Crippen LogP contribution in [0.4, 0.5) is 0 Å². The van der Waals surface area contributed by atoms with E-state index in [2.05, 4.69) is 21.1 Å². The molecule has 0 spiro atoms. The molecule has 2 amide bonds. The number of carbonyl (C=O) groups excluding carboxylic acids is 2. The van der Waals surface area contributed by atoms with E-state index in [1.807, 2.05) is 0 Å². The molecule has 10 heteroatoms. The third kappa shape index (κ3) is 7.69. The van der Waals surface area contributed by atoms with E-state index in [1.165, 1.54) is 24.6 Å². The van der Waals surface area contributed by atoms with Crippen molar-refractivity contribution in [2.45, 2.75) is 20.3 Å². The third-order valence-electron chi connectivity index (χ3n) is 3.69. The summed E-state index contributed by atoms with van der Waals surface area (Å²) in [5, 5.41) is 26.9. The molecule has 31 heavy (non-hydrogen) atoms. The van der Waals surface area contributed by atoms with Gasteiger partial charge in [0.1, 0.15) is 6.42 Å². The molecule has 2 aromatic carbocycles. The second-order valence-corrected chi connectivity index (χ2v) is 6.08. The van der Waals surface area contributed by atoms with Crippen molar-refractivity contribution < 1.29 is 29.3 Å². The van der Waals surface area contributed by atoms with Gasteiger partial charge in [0.05, 0.1) is 25.6 Å². The average molecular weight is 428 g/mol. The number of ether oxygens (including phenoxy) is 2. The van der Waals surface area contributed by atoms with Crippen molar-refractivity contribution in [3.8, 4) is 23.0 Å². The summed E-state index contributed by atoms with van der Waals surface area (Å²) >= 11 is 0. The molecule has 0 aromatic heterocycles. The Morgan fingerprint density at radius 2 is 1.26 bits per heavy atom. The minimum absolute atomic E-state index is 0.00155. The third-order valence-corrected chi connectivity index (χ3v) is 3.69. The standard InChI is InChI=1S/C21H24N4O6/c1-3-30-18-9-14(5-7-16(18)26)12-22-24-20(28)11-21(29)25-23-13-15-6-8-17(27)19(10-15)31-4-2/h5-10,12-13,26-27H,3-4,11H2,1-2H3,(H,24,28)(H,25,29). The molecule has 0 saturated carbocycles. The lowest BCUT2D eigenvalue weighted by Gasteiger charge is -2.06. The zero-order valence-corrected chi connectivity index (χ0v) is 17.2. The molecule has 2 rings (SSSR count). The minimum atomic E-state index is -0.629.